The zero-order valence-electron chi connectivity index (χ0n) is 17.3. The van der Waals surface area contributed by atoms with Gasteiger partial charge in [-0.2, -0.15) is 0 Å². The van der Waals surface area contributed by atoms with E-state index in [2.05, 4.69) is 27.8 Å². The Balaban J connectivity index is 1.39. The summed E-state index contributed by atoms with van der Waals surface area (Å²) in [4.78, 5) is 24.3. The lowest BCUT2D eigenvalue weighted by molar-refractivity contribution is -0.126. The van der Waals surface area contributed by atoms with Gasteiger partial charge in [-0.3, -0.25) is 9.59 Å². The first-order valence-electron chi connectivity index (χ1n) is 9.72. The highest BCUT2D eigenvalue weighted by Crippen LogP contribution is 2.17. The van der Waals surface area contributed by atoms with Crippen LogP contribution in [0.25, 0.3) is 0 Å². The van der Waals surface area contributed by atoms with Gasteiger partial charge in [0.2, 0.25) is 10.9 Å². The molecular formula is C22H24N4O4S. The molecule has 8 nitrogen and oxygen atoms in total. The summed E-state index contributed by atoms with van der Waals surface area (Å²) in [5.74, 6) is 0.346. The number of hydrogen-bond donors (Lipinski definition) is 2. The van der Waals surface area contributed by atoms with Gasteiger partial charge in [-0.15, -0.1) is 10.2 Å². The predicted octanol–water partition coefficient (Wildman–Crippen LogP) is 3.24. The molecule has 1 atom stereocenters. The largest absolute Gasteiger partial charge is 0.497 e. The van der Waals surface area contributed by atoms with Crippen LogP contribution < -0.4 is 15.4 Å². The molecule has 162 valence electrons. The molecule has 0 saturated heterocycles. The number of amides is 2. The molecule has 2 N–H and O–H groups in total. The quantitative estimate of drug-likeness (QED) is 0.502. The van der Waals surface area contributed by atoms with Crippen molar-refractivity contribution in [1.29, 1.82) is 0 Å². The topological polar surface area (TPSA) is 102 Å². The van der Waals surface area contributed by atoms with E-state index in [-0.39, 0.29) is 36.0 Å². The number of methoxy groups -OCH3 is 1. The third-order valence-electron chi connectivity index (χ3n) is 4.44. The normalized spacial score (nSPS) is 11.5. The lowest BCUT2D eigenvalue weighted by Gasteiger charge is -2.13. The fourth-order valence-electron chi connectivity index (χ4n) is 2.71. The van der Waals surface area contributed by atoms with E-state index in [0.29, 0.717) is 23.0 Å². The minimum Gasteiger partial charge on any atom is -0.497 e. The Bertz CT molecular complexity index is 992. The van der Waals surface area contributed by atoms with E-state index in [1.807, 2.05) is 30.3 Å². The van der Waals surface area contributed by atoms with Gasteiger partial charge >= 0.3 is 0 Å². The smallest absolute Gasteiger partial charge is 0.286 e. The highest BCUT2D eigenvalue weighted by molar-refractivity contribution is 7.13. The maximum Gasteiger partial charge on any atom is 0.286 e. The van der Waals surface area contributed by atoms with Crippen molar-refractivity contribution in [3.05, 3.63) is 70.2 Å². The van der Waals surface area contributed by atoms with Crippen LogP contribution >= 0.6 is 11.3 Å². The summed E-state index contributed by atoms with van der Waals surface area (Å²) in [5.41, 5.74) is 1.79. The standard InChI is InChI=1S/C22H24N4O4S/c1-15(16-6-4-3-5-7-16)12-23-19(27)13-30-14-20-25-26-22(31-20)21(28)24-17-8-10-18(29-2)11-9-17/h3-11,15H,12-14H2,1-2H3,(H,23,27)(H,24,28). The second-order valence-corrected chi connectivity index (χ2v) is 7.85. The SMILES string of the molecule is COc1ccc(NC(=O)c2nnc(COCC(=O)NCC(C)c3ccccc3)s2)cc1. The van der Waals surface area contributed by atoms with Gasteiger partial charge in [0.1, 0.15) is 24.0 Å². The van der Waals surface area contributed by atoms with Crippen LogP contribution in [0.4, 0.5) is 5.69 Å². The van der Waals surface area contributed by atoms with Crippen molar-refractivity contribution in [1.82, 2.24) is 15.5 Å². The van der Waals surface area contributed by atoms with Crippen molar-refractivity contribution in [2.75, 3.05) is 25.6 Å². The fourth-order valence-corrected chi connectivity index (χ4v) is 3.38. The molecule has 2 amide bonds. The fraction of sp³-hybridized carbons (Fsp3) is 0.273. The number of nitrogens with one attached hydrogen (secondary N) is 2. The Morgan fingerprint density at radius 2 is 1.81 bits per heavy atom. The van der Waals surface area contributed by atoms with E-state index < -0.39 is 0 Å². The van der Waals surface area contributed by atoms with E-state index in [9.17, 15) is 9.59 Å². The molecule has 2 aromatic carbocycles. The minimum absolute atomic E-state index is 0.0888. The maximum absolute atomic E-state index is 12.3. The summed E-state index contributed by atoms with van der Waals surface area (Å²) in [5, 5.41) is 14.2. The van der Waals surface area contributed by atoms with Gasteiger partial charge in [-0.05, 0) is 35.7 Å². The Morgan fingerprint density at radius 1 is 1.06 bits per heavy atom. The molecular weight excluding hydrogens is 416 g/mol. The number of hydrogen-bond acceptors (Lipinski definition) is 7. The average Bonchev–Trinajstić information content (AvgIpc) is 3.27. The first-order chi connectivity index (χ1) is 15.0. The average molecular weight is 441 g/mol. The molecule has 0 aliphatic heterocycles. The van der Waals surface area contributed by atoms with E-state index in [1.165, 1.54) is 0 Å². The van der Waals surface area contributed by atoms with Gasteiger partial charge in [0.25, 0.3) is 5.91 Å². The molecule has 3 rings (SSSR count). The van der Waals surface area contributed by atoms with Crippen molar-refractivity contribution in [2.45, 2.75) is 19.4 Å². The molecule has 0 saturated carbocycles. The lowest BCUT2D eigenvalue weighted by Crippen LogP contribution is -2.30. The molecule has 1 aromatic heterocycles. The summed E-state index contributed by atoms with van der Waals surface area (Å²) >= 11 is 1.12. The van der Waals surface area contributed by atoms with Gasteiger partial charge in [0.15, 0.2) is 0 Å². The molecule has 1 heterocycles. The first kappa shape index (κ1) is 22.4. The second-order valence-electron chi connectivity index (χ2n) is 6.79. The van der Waals surface area contributed by atoms with Crippen molar-refractivity contribution in [3.63, 3.8) is 0 Å². The molecule has 0 bridgehead atoms. The number of benzene rings is 2. The van der Waals surface area contributed by atoms with Crippen LogP contribution in [0.15, 0.2) is 54.6 Å². The number of aromatic nitrogens is 2. The van der Waals surface area contributed by atoms with Crippen LogP contribution in [0, 0.1) is 0 Å². The molecule has 0 fully saturated rings. The molecule has 0 spiro atoms. The molecule has 9 heteroatoms. The number of carbonyl (C=O) groups excluding carboxylic acids is 2. The number of anilines is 1. The molecule has 3 aromatic rings. The monoisotopic (exact) mass is 440 g/mol. The summed E-state index contributed by atoms with van der Waals surface area (Å²) < 4.78 is 10.5. The van der Waals surface area contributed by atoms with Gasteiger partial charge in [0.05, 0.1) is 7.11 Å². The number of rotatable bonds is 10. The minimum atomic E-state index is -0.360. The lowest BCUT2D eigenvalue weighted by atomic mass is 10.0. The van der Waals surface area contributed by atoms with Gasteiger partial charge in [0, 0.05) is 12.2 Å². The zero-order valence-corrected chi connectivity index (χ0v) is 18.1. The van der Waals surface area contributed by atoms with Crippen LogP contribution in [0.1, 0.15) is 33.2 Å². The summed E-state index contributed by atoms with van der Waals surface area (Å²) in [6.07, 6.45) is 0. The maximum atomic E-state index is 12.3. The number of ether oxygens (including phenoxy) is 2. The van der Waals surface area contributed by atoms with Crippen LogP contribution in [-0.2, 0) is 16.1 Å². The van der Waals surface area contributed by atoms with Gasteiger partial charge in [-0.1, -0.05) is 48.6 Å². The van der Waals surface area contributed by atoms with Crippen molar-refractivity contribution < 1.29 is 19.1 Å². The molecule has 0 radical (unpaired) electrons. The highest BCUT2D eigenvalue weighted by atomic mass is 32.1. The van der Waals surface area contributed by atoms with Gasteiger partial charge in [-0.25, -0.2) is 0 Å². The summed E-state index contributed by atoms with van der Waals surface area (Å²) in [7, 11) is 1.58. The van der Waals surface area contributed by atoms with E-state index >= 15 is 0 Å². The Kier molecular flexibility index (Phi) is 8.08. The number of nitrogens with zero attached hydrogens (tertiary/aromatic N) is 2. The summed E-state index contributed by atoms with van der Waals surface area (Å²) in [6.45, 7) is 2.60. The molecule has 1 unspecified atom stereocenters. The summed E-state index contributed by atoms with van der Waals surface area (Å²) in [6, 6.07) is 17.0. The van der Waals surface area contributed by atoms with Crippen LogP contribution in [0.5, 0.6) is 5.75 Å². The Labute approximate surface area is 184 Å². The third-order valence-corrected chi connectivity index (χ3v) is 5.34. The van der Waals surface area contributed by atoms with Crippen molar-refractivity contribution in [3.8, 4) is 5.75 Å². The Hall–Kier alpha value is -3.30. The second kappa shape index (κ2) is 11.2. The third kappa shape index (κ3) is 6.87. The highest BCUT2D eigenvalue weighted by Gasteiger charge is 2.14. The van der Waals surface area contributed by atoms with E-state index in [4.69, 9.17) is 9.47 Å². The van der Waals surface area contributed by atoms with E-state index in [0.717, 1.165) is 16.9 Å². The predicted molar refractivity (Wildman–Crippen MR) is 118 cm³/mol. The van der Waals surface area contributed by atoms with Crippen LogP contribution in [-0.4, -0.2) is 42.3 Å². The molecule has 31 heavy (non-hydrogen) atoms. The van der Waals surface area contributed by atoms with Crippen molar-refractivity contribution >= 4 is 28.8 Å². The Morgan fingerprint density at radius 3 is 2.52 bits per heavy atom. The van der Waals surface area contributed by atoms with Crippen molar-refractivity contribution in [2.24, 2.45) is 0 Å². The van der Waals surface area contributed by atoms with Gasteiger partial charge < -0.3 is 20.1 Å². The van der Waals surface area contributed by atoms with E-state index in [1.54, 1.807) is 31.4 Å². The number of carbonyl (C=O) groups is 2. The molecule has 0 aliphatic rings. The first-order valence-corrected chi connectivity index (χ1v) is 10.5. The zero-order chi connectivity index (χ0) is 22.1. The van der Waals surface area contributed by atoms with Crippen LogP contribution in [0.3, 0.4) is 0 Å². The molecule has 0 aliphatic carbocycles. The van der Waals surface area contributed by atoms with Crippen LogP contribution in [0.2, 0.25) is 0 Å².